The van der Waals surface area contributed by atoms with Crippen LogP contribution >= 0.6 is 0 Å². The largest absolute Gasteiger partial charge is 0.453 e. The van der Waals surface area contributed by atoms with E-state index in [-0.39, 0.29) is 18.8 Å². The van der Waals surface area contributed by atoms with Crippen LogP contribution in [0.3, 0.4) is 0 Å². The molecule has 0 unspecified atom stereocenters. The Morgan fingerprint density at radius 3 is 3.00 bits per heavy atom. The molecular formula is C19H19FN6O4. The van der Waals surface area contributed by atoms with E-state index in [1.165, 1.54) is 22.8 Å². The number of anilines is 1. The molecule has 3 aromatic rings. The fourth-order valence-corrected chi connectivity index (χ4v) is 3.11. The highest BCUT2D eigenvalue weighted by atomic mass is 19.1. The van der Waals surface area contributed by atoms with E-state index in [1.54, 1.807) is 35.4 Å². The number of rotatable bonds is 6. The van der Waals surface area contributed by atoms with Gasteiger partial charge >= 0.3 is 12.2 Å². The molecule has 3 heterocycles. The average Bonchev–Trinajstić information content (AvgIpc) is 3.48. The van der Waals surface area contributed by atoms with Crippen molar-refractivity contribution in [2.24, 2.45) is 0 Å². The molecule has 1 N–H and O–H groups in total. The number of nitrogens with zero attached hydrogens (tertiary/aromatic N) is 5. The number of alkyl carbamates (subject to hydrolysis) is 1. The number of carbonyl (C=O) groups is 2. The highest BCUT2D eigenvalue weighted by Crippen LogP contribution is 2.25. The number of benzene rings is 1. The van der Waals surface area contributed by atoms with Crippen molar-refractivity contribution in [1.82, 2.24) is 24.9 Å². The van der Waals surface area contributed by atoms with E-state index >= 15 is 0 Å². The topological polar surface area (TPSA) is 104 Å². The van der Waals surface area contributed by atoms with Gasteiger partial charge in [-0.05, 0) is 24.3 Å². The predicted molar refractivity (Wildman–Crippen MR) is 103 cm³/mol. The molecule has 11 heteroatoms. The van der Waals surface area contributed by atoms with Crippen LogP contribution in [0.2, 0.25) is 0 Å². The molecule has 2 amide bonds. The van der Waals surface area contributed by atoms with Crippen LogP contribution in [0.15, 0.2) is 49.1 Å². The first-order valence-electron chi connectivity index (χ1n) is 9.14. The maximum Gasteiger partial charge on any atom is 0.414 e. The van der Waals surface area contributed by atoms with Crippen LogP contribution in [0, 0.1) is 5.82 Å². The minimum Gasteiger partial charge on any atom is -0.453 e. The van der Waals surface area contributed by atoms with Gasteiger partial charge in [-0.15, -0.1) is 0 Å². The predicted octanol–water partition coefficient (Wildman–Crippen LogP) is 1.94. The molecule has 10 nitrogen and oxygen atoms in total. The van der Waals surface area contributed by atoms with E-state index in [4.69, 9.17) is 4.74 Å². The van der Waals surface area contributed by atoms with E-state index in [1.807, 2.05) is 12.3 Å². The third kappa shape index (κ3) is 4.09. The van der Waals surface area contributed by atoms with Gasteiger partial charge in [0.15, 0.2) is 5.82 Å². The summed E-state index contributed by atoms with van der Waals surface area (Å²) in [5, 5.41) is 10.8. The van der Waals surface area contributed by atoms with E-state index in [2.05, 4.69) is 20.3 Å². The highest BCUT2D eigenvalue weighted by molar-refractivity contribution is 5.90. The van der Waals surface area contributed by atoms with Gasteiger partial charge in [-0.1, -0.05) is 0 Å². The Labute approximate surface area is 170 Å². The zero-order chi connectivity index (χ0) is 21.1. The Kier molecular flexibility index (Phi) is 5.33. The molecule has 156 valence electrons. The van der Waals surface area contributed by atoms with Crippen LogP contribution in [-0.2, 0) is 16.0 Å². The fraction of sp³-hybridized carbons (Fsp3) is 0.263. The lowest BCUT2D eigenvalue weighted by atomic mass is 10.2. The van der Waals surface area contributed by atoms with Gasteiger partial charge in [0.25, 0.3) is 0 Å². The zero-order valence-corrected chi connectivity index (χ0v) is 16.1. The molecule has 1 fully saturated rings. The maximum absolute atomic E-state index is 14.8. The Hall–Kier alpha value is -3.89. The van der Waals surface area contributed by atoms with Crippen molar-refractivity contribution >= 4 is 17.9 Å². The van der Waals surface area contributed by atoms with Crippen molar-refractivity contribution < 1.29 is 23.5 Å². The number of carbonyl (C=O) groups excluding carboxylic acids is 2. The molecule has 1 aliphatic rings. The molecule has 1 aromatic carbocycles. The van der Waals surface area contributed by atoms with Crippen LogP contribution in [0.4, 0.5) is 19.7 Å². The van der Waals surface area contributed by atoms with Crippen molar-refractivity contribution in [1.29, 1.82) is 0 Å². The Bertz CT molecular complexity index is 1050. The second-order valence-corrected chi connectivity index (χ2v) is 6.62. The third-order valence-corrected chi connectivity index (χ3v) is 4.56. The minimum absolute atomic E-state index is 0.0990. The number of aromatic nitrogens is 4. The lowest BCUT2D eigenvalue weighted by Gasteiger charge is -2.14. The van der Waals surface area contributed by atoms with Crippen molar-refractivity contribution in [3.05, 3.63) is 60.4 Å². The first-order valence-corrected chi connectivity index (χ1v) is 9.14. The van der Waals surface area contributed by atoms with Crippen molar-refractivity contribution in [2.75, 3.05) is 25.1 Å². The first-order chi connectivity index (χ1) is 14.5. The monoisotopic (exact) mass is 414 g/mol. The zero-order valence-electron chi connectivity index (χ0n) is 16.1. The molecule has 0 bridgehead atoms. The van der Waals surface area contributed by atoms with Gasteiger partial charge in [0.1, 0.15) is 11.8 Å². The Balaban J connectivity index is 1.45. The van der Waals surface area contributed by atoms with E-state index in [0.717, 1.165) is 5.56 Å². The van der Waals surface area contributed by atoms with E-state index in [9.17, 15) is 14.0 Å². The number of hydrogen-bond acceptors (Lipinski definition) is 6. The van der Waals surface area contributed by atoms with E-state index in [0.29, 0.717) is 12.2 Å². The summed E-state index contributed by atoms with van der Waals surface area (Å²) in [6.45, 7) is 0.798. The van der Waals surface area contributed by atoms with Gasteiger partial charge in [0.05, 0.1) is 38.6 Å². The standard InChI is InChI=1S/C19H19FN6O4/c1-29-18(27)21-9-15-12-25(19(28)30-15)14-3-4-17(16(20)7-14)26-11-13(8-23-26)10-24-6-2-5-22-24/h2-8,11,15H,9-10,12H2,1H3,(H,21,27)/t15-/m0/s1. The number of hydrogen-bond donors (Lipinski definition) is 1. The molecule has 0 aliphatic carbocycles. The molecule has 1 saturated heterocycles. The van der Waals surface area contributed by atoms with Crippen molar-refractivity contribution in [3.8, 4) is 5.69 Å². The second kappa shape index (κ2) is 8.23. The summed E-state index contributed by atoms with van der Waals surface area (Å²) in [7, 11) is 1.24. The van der Waals surface area contributed by atoms with Gasteiger partial charge in [0, 0.05) is 24.2 Å². The normalized spacial score (nSPS) is 15.9. The van der Waals surface area contributed by atoms with Gasteiger partial charge in [0.2, 0.25) is 0 Å². The SMILES string of the molecule is COC(=O)NC[C@H]1CN(c2ccc(-n3cc(Cn4cccn4)cn3)c(F)c2)C(=O)O1. The smallest absolute Gasteiger partial charge is 0.414 e. The summed E-state index contributed by atoms with van der Waals surface area (Å²) in [5.41, 5.74) is 1.47. The van der Waals surface area contributed by atoms with Crippen LogP contribution in [0.1, 0.15) is 5.56 Å². The van der Waals surface area contributed by atoms with Crippen molar-refractivity contribution in [3.63, 3.8) is 0 Å². The molecule has 30 heavy (non-hydrogen) atoms. The fourth-order valence-electron chi connectivity index (χ4n) is 3.11. The lowest BCUT2D eigenvalue weighted by Crippen LogP contribution is -2.34. The van der Waals surface area contributed by atoms with E-state index < -0.39 is 24.1 Å². The third-order valence-electron chi connectivity index (χ3n) is 4.56. The summed E-state index contributed by atoms with van der Waals surface area (Å²) in [6.07, 6.45) is 5.09. The molecule has 2 aromatic heterocycles. The van der Waals surface area contributed by atoms with Crippen molar-refractivity contribution in [2.45, 2.75) is 12.6 Å². The lowest BCUT2D eigenvalue weighted by molar-refractivity contribution is 0.132. The summed E-state index contributed by atoms with van der Waals surface area (Å²) in [5.74, 6) is -0.537. The molecule has 1 aliphatic heterocycles. The molecule has 0 radical (unpaired) electrons. The van der Waals surface area contributed by atoms with Gasteiger partial charge in [-0.2, -0.15) is 10.2 Å². The number of nitrogens with one attached hydrogen (secondary N) is 1. The highest BCUT2D eigenvalue weighted by Gasteiger charge is 2.33. The van der Waals surface area contributed by atoms with Crippen LogP contribution in [0.25, 0.3) is 5.69 Å². The number of amides is 2. The summed E-state index contributed by atoms with van der Waals surface area (Å²) >= 11 is 0. The van der Waals surface area contributed by atoms with Gasteiger partial charge in [-0.3, -0.25) is 9.58 Å². The number of methoxy groups -OCH3 is 1. The maximum atomic E-state index is 14.8. The molecule has 1 atom stereocenters. The summed E-state index contributed by atoms with van der Waals surface area (Å²) in [6, 6.07) is 6.23. The van der Waals surface area contributed by atoms with Gasteiger partial charge < -0.3 is 14.8 Å². The quantitative estimate of drug-likeness (QED) is 0.661. The summed E-state index contributed by atoms with van der Waals surface area (Å²) in [4.78, 5) is 24.6. The first kappa shape index (κ1) is 19.4. The van der Waals surface area contributed by atoms with Crippen LogP contribution in [-0.4, -0.2) is 58.1 Å². The summed E-state index contributed by atoms with van der Waals surface area (Å²) < 4.78 is 27.6. The molecule has 4 rings (SSSR count). The minimum atomic E-state index is -0.619. The molecule has 0 spiro atoms. The number of halogens is 1. The Morgan fingerprint density at radius 1 is 1.40 bits per heavy atom. The average molecular weight is 414 g/mol. The van der Waals surface area contributed by atoms with Crippen LogP contribution in [0.5, 0.6) is 0 Å². The van der Waals surface area contributed by atoms with Crippen LogP contribution < -0.4 is 10.2 Å². The Morgan fingerprint density at radius 2 is 2.27 bits per heavy atom. The molecular weight excluding hydrogens is 395 g/mol. The molecule has 0 saturated carbocycles. The number of cyclic esters (lactones) is 1. The second-order valence-electron chi connectivity index (χ2n) is 6.62. The number of ether oxygens (including phenoxy) is 2. The van der Waals surface area contributed by atoms with Gasteiger partial charge in [-0.25, -0.2) is 18.7 Å².